The van der Waals surface area contributed by atoms with Crippen molar-refractivity contribution in [1.82, 2.24) is 25.6 Å². The van der Waals surface area contributed by atoms with E-state index < -0.39 is 53.8 Å². The van der Waals surface area contributed by atoms with Gasteiger partial charge in [0.25, 0.3) is 0 Å². The summed E-state index contributed by atoms with van der Waals surface area (Å²) in [6.07, 6.45) is -1.26. The fraction of sp³-hybridized carbons (Fsp3) is 0.429. The van der Waals surface area contributed by atoms with Crippen LogP contribution in [0.4, 0.5) is 4.39 Å². The van der Waals surface area contributed by atoms with Crippen LogP contribution in [0, 0.1) is 23.6 Å². The lowest BCUT2D eigenvalue weighted by molar-refractivity contribution is -0.228. The second-order valence-electron chi connectivity index (χ2n) is 8.92. The highest BCUT2D eigenvalue weighted by Crippen LogP contribution is 2.49. The number of aromatic nitrogens is 1. The van der Waals surface area contributed by atoms with Gasteiger partial charge in [0.15, 0.2) is 17.7 Å². The van der Waals surface area contributed by atoms with Gasteiger partial charge < -0.3 is 30.5 Å². The minimum atomic E-state index is -2.01. The molecule has 180 valence electrons. The van der Waals surface area contributed by atoms with E-state index in [0.29, 0.717) is 16.3 Å². The van der Waals surface area contributed by atoms with Crippen LogP contribution in [0.5, 0.6) is 0 Å². The number of carbonyl (C=O) groups excluding carboxylic acids is 1. The molecular formula is C21H24FN7O5. The topological polar surface area (TPSA) is 178 Å². The number of esters is 1. The Hall–Kier alpha value is -3.55. The summed E-state index contributed by atoms with van der Waals surface area (Å²) in [5.41, 5.74) is -2.87. The molecule has 1 aromatic heterocycles. The van der Waals surface area contributed by atoms with E-state index in [0.717, 1.165) is 0 Å². The quantitative estimate of drug-likeness (QED) is 0.287. The summed E-state index contributed by atoms with van der Waals surface area (Å²) in [5, 5.41) is 55.1. The number of aliphatic hydroxyl groups is 2. The SMILES string of the molecule is Cc1cc(C(=O)O[C@H]2CN3C(=N)N[C@@H](CO)C4NC(=N)N(O)C43[C@@]2(C)O)c2cc(F)ccc2n1. The Morgan fingerprint density at radius 3 is 2.76 bits per heavy atom. The molecule has 7 N–H and O–H groups in total. The van der Waals surface area contributed by atoms with Gasteiger partial charge in [-0.25, -0.2) is 9.18 Å². The predicted molar refractivity (Wildman–Crippen MR) is 116 cm³/mol. The van der Waals surface area contributed by atoms with Crippen molar-refractivity contribution in [2.24, 2.45) is 0 Å². The van der Waals surface area contributed by atoms with Crippen molar-refractivity contribution < 1.29 is 29.3 Å². The number of aliphatic hydroxyl groups excluding tert-OH is 1. The zero-order valence-electron chi connectivity index (χ0n) is 18.3. The third-order valence-corrected chi connectivity index (χ3v) is 6.95. The Morgan fingerprint density at radius 2 is 2.06 bits per heavy atom. The largest absolute Gasteiger partial charge is 0.454 e. The van der Waals surface area contributed by atoms with E-state index in [2.05, 4.69) is 15.6 Å². The first-order valence-corrected chi connectivity index (χ1v) is 10.6. The molecule has 0 radical (unpaired) electrons. The second kappa shape index (κ2) is 7.22. The number of hydroxylamine groups is 2. The predicted octanol–water partition coefficient (Wildman–Crippen LogP) is -0.533. The van der Waals surface area contributed by atoms with E-state index in [1.54, 1.807) is 6.92 Å². The lowest BCUT2D eigenvalue weighted by Crippen LogP contribution is -2.80. The molecule has 34 heavy (non-hydrogen) atoms. The molecule has 0 amide bonds. The number of hydrogen-bond acceptors (Lipinski definition) is 8. The van der Waals surface area contributed by atoms with Gasteiger partial charge in [-0.3, -0.25) is 21.0 Å². The molecule has 13 heteroatoms. The maximum atomic E-state index is 13.9. The van der Waals surface area contributed by atoms with Gasteiger partial charge in [-0.1, -0.05) is 0 Å². The number of guanidine groups is 2. The number of aryl methyl sites for hydroxylation is 1. The Kier molecular flexibility index (Phi) is 4.73. The van der Waals surface area contributed by atoms with Crippen molar-refractivity contribution in [3.05, 3.63) is 41.3 Å². The number of benzene rings is 1. The Labute approximate surface area is 192 Å². The van der Waals surface area contributed by atoms with Crippen LogP contribution < -0.4 is 10.6 Å². The summed E-state index contributed by atoms with van der Waals surface area (Å²) < 4.78 is 19.6. The number of ether oxygens (including phenoxy) is 1. The summed E-state index contributed by atoms with van der Waals surface area (Å²) in [4.78, 5) is 18.9. The first-order chi connectivity index (χ1) is 16.0. The normalized spacial score (nSPS) is 32.4. The van der Waals surface area contributed by atoms with Gasteiger partial charge in [0, 0.05) is 11.1 Å². The highest BCUT2D eigenvalue weighted by atomic mass is 19.1. The van der Waals surface area contributed by atoms with Crippen LogP contribution in [-0.4, -0.2) is 90.9 Å². The number of hydrogen-bond donors (Lipinski definition) is 7. The molecule has 0 aliphatic carbocycles. The van der Waals surface area contributed by atoms with Crippen molar-refractivity contribution in [3.63, 3.8) is 0 Å². The monoisotopic (exact) mass is 473 g/mol. The molecule has 3 saturated heterocycles. The van der Waals surface area contributed by atoms with E-state index in [1.165, 1.54) is 36.1 Å². The molecule has 1 aromatic carbocycles. The van der Waals surface area contributed by atoms with Crippen LogP contribution >= 0.6 is 0 Å². The molecular weight excluding hydrogens is 449 g/mol. The van der Waals surface area contributed by atoms with Crippen molar-refractivity contribution in [3.8, 4) is 0 Å². The van der Waals surface area contributed by atoms with Crippen LogP contribution in [0.3, 0.4) is 0 Å². The minimum Gasteiger partial charge on any atom is -0.454 e. The van der Waals surface area contributed by atoms with Crippen molar-refractivity contribution in [2.45, 2.75) is 43.3 Å². The van der Waals surface area contributed by atoms with Crippen molar-refractivity contribution in [2.75, 3.05) is 13.2 Å². The first kappa shape index (κ1) is 22.3. The van der Waals surface area contributed by atoms with Crippen LogP contribution in [0.1, 0.15) is 23.0 Å². The molecule has 0 bridgehead atoms. The van der Waals surface area contributed by atoms with Gasteiger partial charge in [-0.2, -0.15) is 5.06 Å². The van der Waals surface area contributed by atoms with Crippen LogP contribution in [-0.2, 0) is 4.74 Å². The van der Waals surface area contributed by atoms with Gasteiger partial charge in [0.05, 0.1) is 36.3 Å². The number of nitrogens with zero attached hydrogens (tertiary/aromatic N) is 3. The molecule has 5 rings (SSSR count). The maximum Gasteiger partial charge on any atom is 0.339 e. The van der Waals surface area contributed by atoms with Crippen molar-refractivity contribution >= 4 is 28.8 Å². The Balaban J connectivity index is 1.56. The molecule has 2 aromatic rings. The minimum absolute atomic E-state index is 0.0521. The lowest BCUT2D eigenvalue weighted by atomic mass is 9.79. The fourth-order valence-electron chi connectivity index (χ4n) is 5.39. The standard InChI is InChI=1S/C21H24FN7O5/c1-9-5-12(11-6-10(22)3-4-13(11)25-9)17(31)34-15-7-28-18(23)26-14(8-30)16-21(28,20(15,2)32)29(33)19(24)27-16/h3-6,14-16,30,32-33H,7-8H2,1-2H3,(H2,23,26)(H2,24,27)/t14-,15-,16?,20-,21?/m0/s1. The smallest absolute Gasteiger partial charge is 0.339 e. The van der Waals surface area contributed by atoms with Gasteiger partial charge in [0.1, 0.15) is 11.4 Å². The summed E-state index contributed by atoms with van der Waals surface area (Å²) in [6.45, 7) is 2.37. The first-order valence-electron chi connectivity index (χ1n) is 10.6. The summed E-state index contributed by atoms with van der Waals surface area (Å²) in [6, 6.07) is 3.56. The van der Waals surface area contributed by atoms with Crippen LogP contribution in [0.15, 0.2) is 24.3 Å². The number of nitrogens with one attached hydrogen (secondary N) is 4. The third-order valence-electron chi connectivity index (χ3n) is 6.95. The zero-order valence-corrected chi connectivity index (χ0v) is 18.3. The summed E-state index contributed by atoms with van der Waals surface area (Å²) in [7, 11) is 0. The van der Waals surface area contributed by atoms with Crippen molar-refractivity contribution in [1.29, 1.82) is 10.8 Å². The van der Waals surface area contributed by atoms with Gasteiger partial charge in [-0.05, 0) is 38.1 Å². The van der Waals surface area contributed by atoms with E-state index in [-0.39, 0.29) is 23.5 Å². The number of rotatable bonds is 3. The van der Waals surface area contributed by atoms with E-state index in [9.17, 15) is 24.6 Å². The number of fused-ring (bicyclic) bond motifs is 1. The summed E-state index contributed by atoms with van der Waals surface area (Å²) in [5.74, 6) is -2.07. The maximum absolute atomic E-state index is 13.9. The van der Waals surface area contributed by atoms with Crippen LogP contribution in [0.2, 0.25) is 0 Å². The molecule has 1 spiro atoms. The Morgan fingerprint density at radius 1 is 1.32 bits per heavy atom. The van der Waals surface area contributed by atoms with E-state index in [4.69, 9.17) is 15.6 Å². The molecule has 4 heterocycles. The zero-order chi connectivity index (χ0) is 24.6. The molecule has 3 fully saturated rings. The van der Waals surface area contributed by atoms with E-state index >= 15 is 0 Å². The molecule has 5 atom stereocenters. The average molecular weight is 473 g/mol. The van der Waals surface area contributed by atoms with E-state index in [1.807, 2.05) is 0 Å². The molecule has 3 aliphatic rings. The molecule has 2 unspecified atom stereocenters. The highest BCUT2D eigenvalue weighted by Gasteiger charge is 2.76. The fourth-order valence-corrected chi connectivity index (χ4v) is 5.39. The molecule has 3 aliphatic heterocycles. The Bertz CT molecular complexity index is 1240. The number of pyridine rings is 1. The molecule has 0 saturated carbocycles. The van der Waals surface area contributed by atoms with Gasteiger partial charge in [-0.15, -0.1) is 0 Å². The van der Waals surface area contributed by atoms with Crippen LogP contribution in [0.25, 0.3) is 10.9 Å². The number of carbonyl (C=O) groups is 1. The van der Waals surface area contributed by atoms with Gasteiger partial charge in [0.2, 0.25) is 5.96 Å². The second-order valence-corrected chi connectivity index (χ2v) is 8.92. The number of halogens is 1. The summed E-state index contributed by atoms with van der Waals surface area (Å²) >= 11 is 0. The van der Waals surface area contributed by atoms with Gasteiger partial charge >= 0.3 is 5.97 Å². The molecule has 12 nitrogen and oxygen atoms in total. The highest BCUT2D eigenvalue weighted by molar-refractivity contribution is 6.03. The third kappa shape index (κ3) is 2.74. The average Bonchev–Trinajstić information content (AvgIpc) is 3.19. The lowest BCUT2D eigenvalue weighted by Gasteiger charge is -2.53.